The number of amides is 2. The summed E-state index contributed by atoms with van der Waals surface area (Å²) in [6.45, 7) is 3.11. The Hall–Kier alpha value is -1.91. The third-order valence-electron chi connectivity index (χ3n) is 3.33. The quantitative estimate of drug-likeness (QED) is 0.875. The number of hydrogen-bond acceptors (Lipinski definition) is 3. The van der Waals surface area contributed by atoms with Crippen molar-refractivity contribution in [3.05, 3.63) is 23.8 Å². The van der Waals surface area contributed by atoms with Gasteiger partial charge in [-0.1, -0.05) is 6.07 Å². The van der Waals surface area contributed by atoms with E-state index in [0.717, 1.165) is 29.9 Å². The Kier molecular flexibility index (Phi) is 3.19. The second kappa shape index (κ2) is 4.99. The van der Waals surface area contributed by atoms with Crippen LogP contribution in [-0.4, -0.2) is 25.3 Å². The van der Waals surface area contributed by atoms with Crippen LogP contribution in [0, 0.1) is 0 Å². The van der Waals surface area contributed by atoms with Crippen LogP contribution in [0.3, 0.4) is 0 Å². The first-order valence-corrected chi connectivity index (χ1v) is 6.69. The molecule has 2 amide bonds. The van der Waals surface area contributed by atoms with Crippen molar-refractivity contribution in [2.45, 2.75) is 31.8 Å². The molecule has 0 spiro atoms. The molecule has 5 heteroatoms. The summed E-state index contributed by atoms with van der Waals surface area (Å²) in [6.07, 6.45) is 2.18. The van der Waals surface area contributed by atoms with Crippen molar-refractivity contribution in [2.75, 3.05) is 13.2 Å². The van der Waals surface area contributed by atoms with Crippen molar-refractivity contribution in [1.29, 1.82) is 0 Å². The predicted octanol–water partition coefficient (Wildman–Crippen LogP) is 1.98. The smallest absolute Gasteiger partial charge is 0.315 e. The van der Waals surface area contributed by atoms with E-state index in [0.29, 0.717) is 19.3 Å². The molecule has 0 aromatic heterocycles. The number of nitrogens with one attached hydrogen (secondary N) is 2. The van der Waals surface area contributed by atoms with Gasteiger partial charge in [0.05, 0.1) is 6.04 Å². The van der Waals surface area contributed by atoms with Crippen LogP contribution < -0.4 is 20.1 Å². The summed E-state index contributed by atoms with van der Waals surface area (Å²) in [6, 6.07) is 5.97. The summed E-state index contributed by atoms with van der Waals surface area (Å²) >= 11 is 0. The zero-order valence-electron chi connectivity index (χ0n) is 10.9. The van der Waals surface area contributed by atoms with Crippen molar-refractivity contribution in [3.8, 4) is 11.5 Å². The summed E-state index contributed by atoms with van der Waals surface area (Å²) in [4.78, 5) is 11.7. The lowest BCUT2D eigenvalue weighted by Crippen LogP contribution is -2.38. The Morgan fingerprint density at radius 3 is 2.74 bits per heavy atom. The Morgan fingerprint density at radius 1 is 1.26 bits per heavy atom. The van der Waals surface area contributed by atoms with Gasteiger partial charge in [0.1, 0.15) is 13.2 Å². The lowest BCUT2D eigenvalue weighted by Gasteiger charge is -2.21. The normalized spacial score (nSPS) is 18.6. The fraction of sp³-hybridized carbons (Fsp3) is 0.500. The van der Waals surface area contributed by atoms with Crippen molar-refractivity contribution in [3.63, 3.8) is 0 Å². The molecule has 1 saturated carbocycles. The SMILES string of the molecule is CC(NC(=O)NC1CC1)c1ccc2c(c1)OCCO2. The van der Waals surface area contributed by atoms with E-state index in [-0.39, 0.29) is 12.1 Å². The molecule has 1 heterocycles. The van der Waals surface area contributed by atoms with E-state index in [4.69, 9.17) is 9.47 Å². The molecule has 19 heavy (non-hydrogen) atoms. The van der Waals surface area contributed by atoms with Gasteiger partial charge in [0, 0.05) is 6.04 Å². The molecule has 1 aromatic carbocycles. The highest BCUT2D eigenvalue weighted by molar-refractivity contribution is 5.75. The van der Waals surface area contributed by atoms with E-state index in [2.05, 4.69) is 10.6 Å². The minimum Gasteiger partial charge on any atom is -0.486 e. The summed E-state index contributed by atoms with van der Waals surface area (Å²) in [5.41, 5.74) is 1.01. The maximum Gasteiger partial charge on any atom is 0.315 e. The third-order valence-corrected chi connectivity index (χ3v) is 3.33. The Balaban J connectivity index is 1.65. The molecule has 1 aromatic rings. The first-order valence-electron chi connectivity index (χ1n) is 6.69. The largest absolute Gasteiger partial charge is 0.486 e. The van der Waals surface area contributed by atoms with E-state index in [1.165, 1.54) is 0 Å². The maximum absolute atomic E-state index is 11.7. The van der Waals surface area contributed by atoms with Crippen LogP contribution in [0.4, 0.5) is 4.79 Å². The lowest BCUT2D eigenvalue weighted by molar-refractivity contribution is 0.171. The van der Waals surface area contributed by atoms with Gasteiger partial charge in [0.15, 0.2) is 11.5 Å². The average Bonchev–Trinajstić information content (AvgIpc) is 3.21. The number of urea groups is 1. The van der Waals surface area contributed by atoms with Gasteiger partial charge < -0.3 is 20.1 Å². The van der Waals surface area contributed by atoms with Crippen LogP contribution in [0.25, 0.3) is 0 Å². The van der Waals surface area contributed by atoms with Crippen LogP contribution in [0.15, 0.2) is 18.2 Å². The number of carbonyl (C=O) groups excluding carboxylic acids is 1. The fourth-order valence-electron chi connectivity index (χ4n) is 2.06. The highest BCUT2D eigenvalue weighted by Crippen LogP contribution is 2.32. The monoisotopic (exact) mass is 262 g/mol. The number of ether oxygens (including phenoxy) is 2. The molecule has 1 atom stereocenters. The highest BCUT2D eigenvalue weighted by atomic mass is 16.6. The molecule has 0 radical (unpaired) electrons. The van der Waals surface area contributed by atoms with E-state index in [1.54, 1.807) is 0 Å². The van der Waals surface area contributed by atoms with Crippen molar-refractivity contribution in [2.24, 2.45) is 0 Å². The molecular formula is C14H18N2O3. The van der Waals surface area contributed by atoms with Gasteiger partial charge in [0.2, 0.25) is 0 Å². The first-order chi connectivity index (χ1) is 9.22. The van der Waals surface area contributed by atoms with Crippen molar-refractivity contribution < 1.29 is 14.3 Å². The van der Waals surface area contributed by atoms with Crippen molar-refractivity contribution >= 4 is 6.03 Å². The molecule has 2 aliphatic rings. The van der Waals surface area contributed by atoms with E-state index >= 15 is 0 Å². The fourth-order valence-corrected chi connectivity index (χ4v) is 2.06. The van der Waals surface area contributed by atoms with Crippen LogP contribution in [0.2, 0.25) is 0 Å². The minimum absolute atomic E-state index is 0.0606. The zero-order valence-corrected chi connectivity index (χ0v) is 10.9. The van der Waals surface area contributed by atoms with Gasteiger partial charge in [-0.3, -0.25) is 0 Å². The number of rotatable bonds is 3. The highest BCUT2D eigenvalue weighted by Gasteiger charge is 2.24. The summed E-state index contributed by atoms with van der Waals surface area (Å²) in [5, 5.41) is 5.84. The number of fused-ring (bicyclic) bond motifs is 1. The Labute approximate surface area is 112 Å². The third kappa shape index (κ3) is 2.92. The molecular weight excluding hydrogens is 244 g/mol. The molecule has 1 unspecified atom stereocenters. The second-order valence-corrected chi connectivity index (χ2v) is 5.02. The van der Waals surface area contributed by atoms with Crippen LogP contribution in [0.5, 0.6) is 11.5 Å². The molecule has 1 aliphatic heterocycles. The van der Waals surface area contributed by atoms with Crippen LogP contribution >= 0.6 is 0 Å². The van der Waals surface area contributed by atoms with Gasteiger partial charge in [-0.15, -0.1) is 0 Å². The van der Waals surface area contributed by atoms with Gasteiger partial charge >= 0.3 is 6.03 Å². The van der Waals surface area contributed by atoms with Crippen LogP contribution in [0.1, 0.15) is 31.4 Å². The van der Waals surface area contributed by atoms with Gasteiger partial charge in [-0.2, -0.15) is 0 Å². The first kappa shape index (κ1) is 12.1. The topological polar surface area (TPSA) is 59.6 Å². The number of hydrogen-bond donors (Lipinski definition) is 2. The summed E-state index contributed by atoms with van der Waals surface area (Å²) < 4.78 is 11.0. The van der Waals surface area contributed by atoms with Crippen LogP contribution in [-0.2, 0) is 0 Å². The number of benzene rings is 1. The van der Waals surface area contributed by atoms with Gasteiger partial charge in [0.25, 0.3) is 0 Å². The molecule has 1 fully saturated rings. The maximum atomic E-state index is 11.7. The summed E-state index contributed by atoms with van der Waals surface area (Å²) in [5.74, 6) is 1.52. The average molecular weight is 262 g/mol. The lowest BCUT2D eigenvalue weighted by atomic mass is 10.1. The molecule has 3 rings (SSSR count). The molecule has 102 valence electrons. The van der Waals surface area contributed by atoms with Crippen molar-refractivity contribution in [1.82, 2.24) is 10.6 Å². The summed E-state index contributed by atoms with van der Waals surface area (Å²) in [7, 11) is 0. The van der Waals surface area contributed by atoms with E-state index < -0.39 is 0 Å². The van der Waals surface area contributed by atoms with E-state index in [1.807, 2.05) is 25.1 Å². The molecule has 0 bridgehead atoms. The molecule has 2 N–H and O–H groups in total. The van der Waals surface area contributed by atoms with E-state index in [9.17, 15) is 4.79 Å². The minimum atomic E-state index is -0.107. The second-order valence-electron chi connectivity index (χ2n) is 5.02. The Bertz CT molecular complexity index is 486. The molecule has 1 aliphatic carbocycles. The Morgan fingerprint density at radius 2 is 2.00 bits per heavy atom. The van der Waals surface area contributed by atoms with Gasteiger partial charge in [-0.25, -0.2) is 4.79 Å². The predicted molar refractivity (Wildman–Crippen MR) is 70.5 cm³/mol. The molecule has 0 saturated heterocycles. The standard InChI is InChI=1S/C14H18N2O3/c1-9(15-14(17)16-11-3-4-11)10-2-5-12-13(8-10)19-7-6-18-12/h2,5,8-9,11H,3-4,6-7H2,1H3,(H2,15,16,17). The number of carbonyl (C=O) groups is 1. The molecule has 5 nitrogen and oxygen atoms in total. The van der Waals surface area contributed by atoms with Gasteiger partial charge in [-0.05, 0) is 37.5 Å². The zero-order chi connectivity index (χ0) is 13.2.